The predicted octanol–water partition coefficient (Wildman–Crippen LogP) is -0.199. The summed E-state index contributed by atoms with van der Waals surface area (Å²) in [7, 11) is 9.65. The van der Waals surface area contributed by atoms with E-state index in [0.29, 0.717) is 0 Å². The maximum absolute atomic E-state index is 5.99. The van der Waals surface area contributed by atoms with Gasteiger partial charge in [0, 0.05) is 0 Å². The van der Waals surface area contributed by atoms with Crippen LogP contribution in [-0.4, -0.2) is 71.5 Å². The van der Waals surface area contributed by atoms with Crippen molar-refractivity contribution in [3.8, 4) is 0 Å². The minimum atomic E-state index is -2.37. The quantitative estimate of drug-likeness (QED) is 0.673. The van der Waals surface area contributed by atoms with Gasteiger partial charge in [-0.1, -0.05) is 0 Å². The van der Waals surface area contributed by atoms with Crippen molar-refractivity contribution in [2.45, 2.75) is 0 Å². The molecule has 1 aromatic rings. The molecule has 7 nitrogen and oxygen atoms in total. The second-order valence-corrected chi connectivity index (χ2v) is 8.17. The van der Waals surface area contributed by atoms with Gasteiger partial charge in [0.25, 0.3) is 0 Å². The molecule has 0 spiro atoms. The van der Waals surface area contributed by atoms with Crippen LogP contribution in [0.1, 0.15) is 0 Å². The van der Waals surface area contributed by atoms with E-state index in [1.54, 1.807) is 12.4 Å². The van der Waals surface area contributed by atoms with E-state index in [1.165, 1.54) is 4.85 Å². The van der Waals surface area contributed by atoms with E-state index in [1.807, 2.05) is 42.3 Å². The molecule has 1 aromatic heterocycles. The molecule has 94 valence electrons. The Morgan fingerprint density at radius 2 is 1.50 bits per heavy atom. The minimum absolute atomic E-state index is 1.41. The molecule has 0 saturated heterocycles. The van der Waals surface area contributed by atoms with Gasteiger partial charge in [-0.2, -0.15) is 0 Å². The van der Waals surface area contributed by atoms with Crippen LogP contribution in [0.5, 0.6) is 0 Å². The van der Waals surface area contributed by atoms with Crippen LogP contribution in [0.15, 0.2) is 12.4 Å². The van der Waals surface area contributed by atoms with Crippen LogP contribution < -0.4 is 4.62 Å². The first-order valence-corrected chi connectivity index (χ1v) is 6.74. The van der Waals surface area contributed by atoms with Crippen LogP contribution in [0.2, 0.25) is 0 Å². The third-order valence-corrected chi connectivity index (χ3v) is 6.29. The van der Waals surface area contributed by atoms with Gasteiger partial charge in [-0.05, 0) is 0 Å². The van der Waals surface area contributed by atoms with Gasteiger partial charge in [-0.25, -0.2) is 0 Å². The fourth-order valence-corrected chi connectivity index (χ4v) is 5.05. The second kappa shape index (κ2) is 5.05. The van der Waals surface area contributed by atoms with E-state index in [9.17, 15) is 0 Å². The summed E-state index contributed by atoms with van der Waals surface area (Å²) >= 11 is 0. The summed E-state index contributed by atoms with van der Waals surface area (Å²) in [6, 6.07) is 0. The van der Waals surface area contributed by atoms with E-state index in [4.69, 9.17) is 4.62 Å². The molecule has 0 aromatic carbocycles. The van der Waals surface area contributed by atoms with Gasteiger partial charge in [-0.3, -0.25) is 0 Å². The number of aromatic nitrogens is 3. The number of hydrogen-bond acceptors (Lipinski definition) is 6. The van der Waals surface area contributed by atoms with Gasteiger partial charge in [0.1, 0.15) is 0 Å². The Labute approximate surface area is 97.1 Å². The van der Waals surface area contributed by atoms with Crippen molar-refractivity contribution in [2.75, 3.05) is 42.3 Å². The summed E-state index contributed by atoms with van der Waals surface area (Å²) in [5, 5.41) is 7.59. The van der Waals surface area contributed by atoms with Crippen molar-refractivity contribution in [1.82, 2.24) is 29.2 Å². The maximum atomic E-state index is 5.99. The zero-order valence-electron chi connectivity index (χ0n) is 10.7. The van der Waals surface area contributed by atoms with Crippen molar-refractivity contribution in [3.63, 3.8) is 0 Å². The van der Waals surface area contributed by atoms with Crippen LogP contribution >= 0.6 is 7.94 Å². The third-order valence-electron chi connectivity index (χ3n) is 2.36. The summed E-state index contributed by atoms with van der Waals surface area (Å²) in [6.45, 7) is 0. The van der Waals surface area contributed by atoms with E-state index in [-0.39, 0.29) is 0 Å². The molecule has 0 radical (unpaired) electrons. The fourth-order valence-electron chi connectivity index (χ4n) is 1.82. The molecule has 1 heterocycles. The molecule has 0 fully saturated rings. The van der Waals surface area contributed by atoms with Crippen LogP contribution in [0.3, 0.4) is 0 Å². The molecule has 8 heteroatoms. The summed E-state index contributed by atoms with van der Waals surface area (Å²) < 4.78 is 12.3. The Hall–Kier alpha value is -0.750. The standard InChI is InChI=1S/C8H21N6OP/c1-11(2)16(12(3)4,13(5)6)15-14-8-7-9-10-14/h7-8,16H,1-6H3. The SMILES string of the molecule is CN(C)[PH](On1ccnn1)(N(C)C)N(C)C. The van der Waals surface area contributed by atoms with Gasteiger partial charge in [-0.15, -0.1) is 0 Å². The Morgan fingerprint density at radius 3 is 1.81 bits per heavy atom. The zero-order valence-corrected chi connectivity index (χ0v) is 11.7. The molecule has 0 aliphatic heterocycles. The van der Waals surface area contributed by atoms with Crippen LogP contribution in [0.4, 0.5) is 0 Å². The van der Waals surface area contributed by atoms with Crippen LogP contribution in [0, 0.1) is 0 Å². The van der Waals surface area contributed by atoms with Gasteiger partial charge >= 0.3 is 96.4 Å². The molecule has 1 rings (SSSR count). The summed E-state index contributed by atoms with van der Waals surface area (Å²) in [6.07, 6.45) is 3.29. The zero-order chi connectivity index (χ0) is 12.3. The molecule has 0 saturated carbocycles. The molecule has 0 aliphatic rings. The molecule has 0 aliphatic carbocycles. The van der Waals surface area contributed by atoms with Crippen molar-refractivity contribution < 1.29 is 4.62 Å². The Balaban J connectivity index is 3.02. The van der Waals surface area contributed by atoms with E-state index >= 15 is 0 Å². The van der Waals surface area contributed by atoms with Crippen molar-refractivity contribution in [3.05, 3.63) is 12.4 Å². The second-order valence-electron chi connectivity index (χ2n) is 4.15. The molecule has 0 atom stereocenters. The van der Waals surface area contributed by atoms with Gasteiger partial charge in [0.15, 0.2) is 0 Å². The average Bonchev–Trinajstić information content (AvgIpc) is 2.64. The topological polar surface area (TPSA) is 49.7 Å². The first kappa shape index (κ1) is 13.3. The van der Waals surface area contributed by atoms with E-state index in [2.05, 4.69) is 24.3 Å². The van der Waals surface area contributed by atoms with Crippen LogP contribution in [-0.2, 0) is 0 Å². The average molecular weight is 248 g/mol. The molecule has 0 bridgehead atoms. The molecular weight excluding hydrogens is 227 g/mol. The predicted molar refractivity (Wildman–Crippen MR) is 66.0 cm³/mol. The molecular formula is C8H21N6OP. The van der Waals surface area contributed by atoms with Gasteiger partial charge < -0.3 is 0 Å². The molecule has 0 N–H and O–H groups in total. The Morgan fingerprint density at radius 1 is 1.00 bits per heavy atom. The molecule has 0 unspecified atom stereocenters. The van der Waals surface area contributed by atoms with Gasteiger partial charge in [0.2, 0.25) is 0 Å². The monoisotopic (exact) mass is 248 g/mol. The number of nitrogens with zero attached hydrogens (tertiary/aromatic N) is 6. The third kappa shape index (κ3) is 2.32. The first-order valence-electron chi connectivity index (χ1n) is 4.99. The summed E-state index contributed by atoms with van der Waals surface area (Å²) in [4.78, 5) is 1.41. The van der Waals surface area contributed by atoms with Crippen LogP contribution in [0.25, 0.3) is 0 Å². The van der Waals surface area contributed by atoms with Crippen molar-refractivity contribution >= 4 is 7.94 Å². The summed E-state index contributed by atoms with van der Waals surface area (Å²) in [5.74, 6) is 0. The molecule has 0 amide bonds. The Bertz CT molecular complexity index is 291. The first-order chi connectivity index (χ1) is 7.41. The molecule has 16 heavy (non-hydrogen) atoms. The van der Waals surface area contributed by atoms with Crippen molar-refractivity contribution in [2.24, 2.45) is 0 Å². The van der Waals surface area contributed by atoms with Gasteiger partial charge in [0.05, 0.1) is 0 Å². The van der Waals surface area contributed by atoms with E-state index < -0.39 is 7.94 Å². The van der Waals surface area contributed by atoms with Crippen molar-refractivity contribution in [1.29, 1.82) is 0 Å². The van der Waals surface area contributed by atoms with E-state index in [0.717, 1.165) is 0 Å². The number of hydrogen-bond donors (Lipinski definition) is 0. The number of rotatable bonds is 5. The fraction of sp³-hybridized carbons (Fsp3) is 0.750. The normalized spacial score (nSPS) is 13.8. The Kier molecular flexibility index (Phi) is 4.21. The summed E-state index contributed by atoms with van der Waals surface area (Å²) in [5.41, 5.74) is 0.